The second-order valence-corrected chi connectivity index (χ2v) is 8.73. The molecule has 0 aliphatic carbocycles. The Labute approximate surface area is 194 Å². The molecule has 0 amide bonds. The van der Waals surface area contributed by atoms with Gasteiger partial charge < -0.3 is 39.7 Å². The minimum Gasteiger partial charge on any atom is -0.493 e. The van der Waals surface area contributed by atoms with E-state index in [0.29, 0.717) is 30.6 Å². The molecule has 0 radical (unpaired) electrons. The Balaban J connectivity index is 1.44. The summed E-state index contributed by atoms with van der Waals surface area (Å²) in [5.74, 6) is -1.69. The molecule has 3 heterocycles. The van der Waals surface area contributed by atoms with E-state index in [0.717, 1.165) is 23.3 Å². The number of fused-ring (bicyclic) bond motifs is 2. The molecule has 5 atom stereocenters. The van der Waals surface area contributed by atoms with Crippen LogP contribution in [0.15, 0.2) is 30.3 Å². The van der Waals surface area contributed by atoms with Crippen molar-refractivity contribution < 1.29 is 39.7 Å². The van der Waals surface area contributed by atoms with Crippen molar-refractivity contribution in [3.05, 3.63) is 47.0 Å². The van der Waals surface area contributed by atoms with Crippen LogP contribution in [0.25, 0.3) is 11.0 Å². The topological polar surface area (TPSA) is 160 Å². The summed E-state index contributed by atoms with van der Waals surface area (Å²) in [6.07, 6.45) is -5.43. The summed E-state index contributed by atoms with van der Waals surface area (Å²) < 4.78 is 18.0. The number of aliphatic hydroxyl groups excluding tert-OH is 4. The highest BCUT2D eigenvalue weighted by Gasteiger charge is 2.57. The van der Waals surface area contributed by atoms with Gasteiger partial charge in [0.15, 0.2) is 11.9 Å². The van der Waals surface area contributed by atoms with Crippen molar-refractivity contribution in [2.45, 2.75) is 56.7 Å². The number of hydrogen-bond donors (Lipinski definition) is 5. The molecule has 5 rings (SSSR count). The summed E-state index contributed by atoms with van der Waals surface area (Å²) in [5, 5.41) is 59.7. The van der Waals surface area contributed by atoms with Crippen molar-refractivity contribution in [1.82, 2.24) is 15.0 Å². The molecule has 1 unspecified atom stereocenters. The maximum atomic E-state index is 11.0. The minimum atomic E-state index is -2.69. The standard InChI is InChI=1S/C23H27N3O8/c1-12-8-15-19(17(9-12)34-23(31)21(29)20(28)18(11-27)33-22(23)30)26(25-24-15)6-4-13-2-3-16-14(10-13)5-7-32-16/h2-3,8-10,18,20-22,27-31H,4-7,11H2,1H3/t18-,20-,21+,22?,23+/m1/s1. The fraction of sp³-hybridized carbons (Fsp3) is 0.478. The van der Waals surface area contributed by atoms with Crippen molar-refractivity contribution in [3.8, 4) is 11.5 Å². The molecule has 2 aliphatic heterocycles. The molecule has 11 nitrogen and oxygen atoms in total. The summed E-state index contributed by atoms with van der Waals surface area (Å²) in [4.78, 5) is 0. The maximum absolute atomic E-state index is 11.0. The Morgan fingerprint density at radius 3 is 2.82 bits per heavy atom. The van der Waals surface area contributed by atoms with Gasteiger partial charge in [0, 0.05) is 13.0 Å². The molecule has 1 fully saturated rings. The lowest BCUT2D eigenvalue weighted by Gasteiger charge is -2.45. The van der Waals surface area contributed by atoms with Crippen LogP contribution in [-0.4, -0.2) is 84.1 Å². The van der Waals surface area contributed by atoms with Gasteiger partial charge in [0.25, 0.3) is 5.79 Å². The van der Waals surface area contributed by atoms with Gasteiger partial charge in [0.05, 0.1) is 13.2 Å². The first-order valence-electron chi connectivity index (χ1n) is 11.1. The van der Waals surface area contributed by atoms with E-state index in [-0.39, 0.29) is 5.75 Å². The molecule has 3 aromatic rings. The number of rotatable bonds is 6. The lowest BCUT2D eigenvalue weighted by molar-refractivity contribution is -0.385. The normalized spacial score (nSPS) is 28.6. The smallest absolute Gasteiger partial charge is 0.288 e. The highest BCUT2D eigenvalue weighted by molar-refractivity contribution is 5.82. The van der Waals surface area contributed by atoms with Crippen LogP contribution in [0.5, 0.6) is 11.5 Å². The van der Waals surface area contributed by atoms with Crippen molar-refractivity contribution in [3.63, 3.8) is 0 Å². The molecule has 11 heteroatoms. The van der Waals surface area contributed by atoms with E-state index < -0.39 is 37.0 Å². The second-order valence-electron chi connectivity index (χ2n) is 8.73. The predicted octanol–water partition coefficient (Wildman–Crippen LogP) is -0.584. The van der Waals surface area contributed by atoms with Gasteiger partial charge in [-0.15, -0.1) is 5.10 Å². The lowest BCUT2D eigenvalue weighted by Crippen LogP contribution is -2.69. The highest BCUT2D eigenvalue weighted by Crippen LogP contribution is 2.35. The van der Waals surface area contributed by atoms with Gasteiger partial charge >= 0.3 is 0 Å². The van der Waals surface area contributed by atoms with Gasteiger partial charge in [-0.1, -0.05) is 17.3 Å². The van der Waals surface area contributed by atoms with Crippen molar-refractivity contribution in [2.24, 2.45) is 0 Å². The molecule has 0 saturated carbocycles. The van der Waals surface area contributed by atoms with Gasteiger partial charge in [-0.25, -0.2) is 4.68 Å². The zero-order valence-corrected chi connectivity index (χ0v) is 18.5. The Hall–Kier alpha value is -2.80. The van der Waals surface area contributed by atoms with Gasteiger partial charge in [0.2, 0.25) is 6.29 Å². The van der Waals surface area contributed by atoms with Crippen LogP contribution >= 0.6 is 0 Å². The molecule has 1 aromatic heterocycles. The summed E-state index contributed by atoms with van der Waals surface area (Å²) in [6.45, 7) is 2.27. The van der Waals surface area contributed by atoms with E-state index in [4.69, 9.17) is 14.2 Å². The van der Waals surface area contributed by atoms with Crippen LogP contribution in [0.3, 0.4) is 0 Å². The lowest BCUT2D eigenvalue weighted by atomic mass is 9.96. The molecule has 34 heavy (non-hydrogen) atoms. The number of benzene rings is 2. The number of hydrogen-bond acceptors (Lipinski definition) is 10. The number of ether oxygens (including phenoxy) is 3. The van der Waals surface area contributed by atoms with E-state index in [1.165, 1.54) is 5.56 Å². The van der Waals surface area contributed by atoms with E-state index in [1.807, 2.05) is 12.1 Å². The summed E-state index contributed by atoms with van der Waals surface area (Å²) in [6, 6.07) is 9.47. The minimum absolute atomic E-state index is 0.0983. The summed E-state index contributed by atoms with van der Waals surface area (Å²) in [7, 11) is 0. The Morgan fingerprint density at radius 2 is 2.03 bits per heavy atom. The molecule has 182 valence electrons. The van der Waals surface area contributed by atoms with E-state index >= 15 is 0 Å². The largest absolute Gasteiger partial charge is 0.493 e. The third kappa shape index (κ3) is 3.90. The number of aryl methyl sites for hydroxylation is 3. The summed E-state index contributed by atoms with van der Waals surface area (Å²) in [5.41, 5.74) is 3.96. The zero-order chi connectivity index (χ0) is 24.0. The molecule has 0 bridgehead atoms. The SMILES string of the molecule is Cc1cc(O[C@]2(O)C(O)O[C@H](CO)[C@@H](O)[C@@H]2O)c2c(c1)nnn2CCc1ccc2c(c1)CCO2. The molecule has 0 spiro atoms. The van der Waals surface area contributed by atoms with E-state index in [9.17, 15) is 25.5 Å². The fourth-order valence-corrected chi connectivity index (χ4v) is 4.45. The van der Waals surface area contributed by atoms with Gasteiger partial charge in [-0.3, -0.25) is 0 Å². The fourth-order valence-electron chi connectivity index (χ4n) is 4.45. The monoisotopic (exact) mass is 473 g/mol. The van der Waals surface area contributed by atoms with Crippen LogP contribution in [0.4, 0.5) is 0 Å². The van der Waals surface area contributed by atoms with Gasteiger partial charge in [-0.05, 0) is 48.2 Å². The second kappa shape index (κ2) is 8.77. The molecule has 1 saturated heterocycles. The van der Waals surface area contributed by atoms with E-state index in [1.54, 1.807) is 23.7 Å². The van der Waals surface area contributed by atoms with Crippen LogP contribution in [0.2, 0.25) is 0 Å². The van der Waals surface area contributed by atoms with Crippen molar-refractivity contribution in [2.75, 3.05) is 13.2 Å². The average molecular weight is 473 g/mol. The molecular formula is C23H27N3O8. The Bertz CT molecular complexity index is 1200. The quantitative estimate of drug-likeness (QED) is 0.293. The molecule has 2 aromatic carbocycles. The Morgan fingerprint density at radius 1 is 1.21 bits per heavy atom. The third-order valence-electron chi connectivity index (χ3n) is 6.32. The first-order chi connectivity index (χ1) is 16.3. The van der Waals surface area contributed by atoms with E-state index in [2.05, 4.69) is 16.4 Å². The highest BCUT2D eigenvalue weighted by atomic mass is 16.7. The first kappa shape index (κ1) is 23.0. The van der Waals surface area contributed by atoms with Crippen LogP contribution < -0.4 is 9.47 Å². The Kier molecular flexibility index (Phi) is 5.92. The van der Waals surface area contributed by atoms with Crippen LogP contribution in [0, 0.1) is 6.92 Å². The number of aromatic nitrogens is 3. The molecule has 5 N–H and O–H groups in total. The molecule has 2 aliphatic rings. The van der Waals surface area contributed by atoms with Gasteiger partial charge in [-0.2, -0.15) is 0 Å². The van der Waals surface area contributed by atoms with Gasteiger partial charge in [0.1, 0.15) is 29.0 Å². The van der Waals surface area contributed by atoms with Crippen LogP contribution in [-0.2, 0) is 24.1 Å². The zero-order valence-electron chi connectivity index (χ0n) is 18.5. The molecular weight excluding hydrogens is 446 g/mol. The van der Waals surface area contributed by atoms with Crippen molar-refractivity contribution in [1.29, 1.82) is 0 Å². The maximum Gasteiger partial charge on any atom is 0.288 e. The summed E-state index contributed by atoms with van der Waals surface area (Å²) >= 11 is 0. The van der Waals surface area contributed by atoms with Crippen molar-refractivity contribution >= 4 is 11.0 Å². The predicted molar refractivity (Wildman–Crippen MR) is 117 cm³/mol. The third-order valence-corrected chi connectivity index (χ3v) is 6.32. The number of aliphatic hydroxyl groups is 5. The average Bonchev–Trinajstić information content (AvgIpc) is 3.45. The number of nitrogens with zero attached hydrogens (tertiary/aromatic N) is 3. The van der Waals surface area contributed by atoms with Crippen LogP contribution in [0.1, 0.15) is 16.7 Å². The first-order valence-corrected chi connectivity index (χ1v) is 11.1.